The minimum atomic E-state index is -0.153. The zero-order valence-electron chi connectivity index (χ0n) is 37.9. The van der Waals surface area contributed by atoms with Crippen molar-refractivity contribution < 1.29 is 48.0 Å². The van der Waals surface area contributed by atoms with Crippen LogP contribution < -0.4 is 15.1 Å². The number of nitrogens with one attached hydrogen (secondary N) is 1. The van der Waals surface area contributed by atoms with Crippen molar-refractivity contribution in [3.8, 4) is 23.7 Å². The fraction of sp³-hybridized carbons (Fsp3) is 0.396. The van der Waals surface area contributed by atoms with E-state index in [-0.39, 0.29) is 62.3 Å². The van der Waals surface area contributed by atoms with E-state index < -0.39 is 0 Å². The van der Waals surface area contributed by atoms with E-state index in [2.05, 4.69) is 29.0 Å². The maximum Gasteiger partial charge on any atom is 0.229 e. The van der Waals surface area contributed by atoms with Crippen molar-refractivity contribution in [1.29, 1.82) is 0 Å². The summed E-state index contributed by atoms with van der Waals surface area (Å²) in [6, 6.07) is 31.0. The van der Waals surface area contributed by atoms with E-state index >= 15 is 0 Å². The van der Waals surface area contributed by atoms with Gasteiger partial charge in [-0.2, -0.15) is 0 Å². The number of amides is 3. The van der Waals surface area contributed by atoms with Crippen molar-refractivity contribution >= 4 is 34.9 Å². The maximum atomic E-state index is 13.1. The Bertz CT molecular complexity index is 2310. The largest absolute Gasteiger partial charge is 0.396 e. The molecule has 6 rings (SSSR count). The summed E-state index contributed by atoms with van der Waals surface area (Å²) in [5.74, 6) is 12.6. The number of fused-ring (bicyclic) bond motifs is 4. The molecule has 2 heterocycles. The lowest BCUT2D eigenvalue weighted by atomic mass is 10.0. The predicted molar refractivity (Wildman–Crippen MR) is 253 cm³/mol. The van der Waals surface area contributed by atoms with Crippen molar-refractivity contribution in [2.24, 2.45) is 0 Å². The van der Waals surface area contributed by atoms with Gasteiger partial charge in [-0.1, -0.05) is 84.3 Å². The molecule has 2 N–H and O–H groups in total. The highest BCUT2D eigenvalue weighted by Gasteiger charge is 2.23. The van der Waals surface area contributed by atoms with E-state index in [4.69, 9.17) is 28.8 Å². The lowest BCUT2D eigenvalue weighted by Crippen LogP contribution is -2.35. The highest BCUT2D eigenvalue weighted by Crippen LogP contribution is 2.27. The molecule has 0 radical (unpaired) electrons. The molecule has 13 heteroatoms. The van der Waals surface area contributed by atoms with Gasteiger partial charge in [0.15, 0.2) is 0 Å². The number of nitrogens with zero attached hydrogens (tertiary/aromatic N) is 2. The predicted octanol–water partition coefficient (Wildman–Crippen LogP) is 5.99. The fourth-order valence-electron chi connectivity index (χ4n) is 6.94. The summed E-state index contributed by atoms with van der Waals surface area (Å²) in [6.45, 7) is 5.48. The van der Waals surface area contributed by atoms with Gasteiger partial charge in [0.05, 0.1) is 70.7 Å². The van der Waals surface area contributed by atoms with Crippen molar-refractivity contribution in [2.45, 2.75) is 58.0 Å². The third-order valence-corrected chi connectivity index (χ3v) is 10.5. The van der Waals surface area contributed by atoms with E-state index in [1.807, 2.05) is 97.1 Å². The number of carbonyl (C=O) groups is 4. The number of para-hydroxylation sites is 2. The molecule has 0 aliphatic carbocycles. The molecule has 0 aromatic heterocycles. The van der Waals surface area contributed by atoms with Gasteiger partial charge in [0.2, 0.25) is 17.7 Å². The average molecular weight is 900 g/mol. The van der Waals surface area contributed by atoms with Gasteiger partial charge < -0.3 is 43.9 Å². The van der Waals surface area contributed by atoms with Crippen molar-refractivity contribution in [2.75, 3.05) is 89.5 Å². The number of rotatable bonds is 25. The molecule has 4 aromatic carbocycles. The first-order valence-electron chi connectivity index (χ1n) is 22.6. The lowest BCUT2D eigenvalue weighted by Gasteiger charge is -2.26. The molecular weight excluding hydrogens is 839 g/mol. The molecule has 0 saturated carbocycles. The van der Waals surface area contributed by atoms with Gasteiger partial charge in [-0.15, -0.1) is 0 Å². The van der Waals surface area contributed by atoms with Crippen molar-refractivity contribution in [3.63, 3.8) is 0 Å². The van der Waals surface area contributed by atoms with E-state index in [9.17, 15) is 19.2 Å². The monoisotopic (exact) mass is 899 g/mol. The molecule has 0 bridgehead atoms. The minimum Gasteiger partial charge on any atom is -0.396 e. The van der Waals surface area contributed by atoms with Crippen molar-refractivity contribution in [3.05, 3.63) is 130 Å². The first-order valence-corrected chi connectivity index (χ1v) is 22.6. The van der Waals surface area contributed by atoms with Gasteiger partial charge in [-0.3, -0.25) is 19.2 Å². The number of aliphatic hydroxyl groups is 1. The summed E-state index contributed by atoms with van der Waals surface area (Å²) in [4.78, 5) is 54.0. The van der Waals surface area contributed by atoms with Crippen LogP contribution in [0.25, 0.3) is 0 Å². The SMILES string of the molecule is COCCOCCOCCOCCC(=O)NCCC(=O)N1Cc2ccccc2C#Cc2ccccc21.O=C(CCCOCCCO)CCC(=O)N1Cc2ccccc2C#Cc2ccccc21. The number of Topliss-reactive ketones (excluding diaryl/α,β-unsaturated/α-hetero) is 1. The van der Waals surface area contributed by atoms with Gasteiger partial charge in [0.25, 0.3) is 0 Å². The number of ketones is 1. The Kier molecular flexibility index (Phi) is 22.6. The smallest absolute Gasteiger partial charge is 0.229 e. The van der Waals surface area contributed by atoms with Gasteiger partial charge in [0, 0.05) is 87.8 Å². The second-order valence-corrected chi connectivity index (χ2v) is 15.3. The molecule has 0 atom stereocenters. The number of aliphatic hydroxyl groups excluding tert-OH is 1. The topological polar surface area (TPSA) is 153 Å². The highest BCUT2D eigenvalue weighted by molar-refractivity contribution is 5.97. The van der Waals surface area contributed by atoms with Crippen LogP contribution in [0.2, 0.25) is 0 Å². The molecular formula is C53H61N3O10. The third kappa shape index (κ3) is 17.3. The summed E-state index contributed by atoms with van der Waals surface area (Å²) in [7, 11) is 1.63. The number of methoxy groups -OCH3 is 1. The van der Waals surface area contributed by atoms with Gasteiger partial charge in [-0.05, 0) is 60.4 Å². The van der Waals surface area contributed by atoms with E-state index in [1.165, 1.54) is 0 Å². The molecule has 0 unspecified atom stereocenters. The maximum absolute atomic E-state index is 13.1. The summed E-state index contributed by atoms with van der Waals surface area (Å²) < 4.78 is 26.4. The highest BCUT2D eigenvalue weighted by atomic mass is 16.6. The first kappa shape index (κ1) is 50.8. The van der Waals surface area contributed by atoms with Crippen LogP contribution in [0, 0.1) is 23.7 Å². The Balaban J connectivity index is 0.000000251. The summed E-state index contributed by atoms with van der Waals surface area (Å²) in [5, 5.41) is 11.5. The Labute approximate surface area is 388 Å². The van der Waals surface area contributed by atoms with Crippen molar-refractivity contribution in [1.82, 2.24) is 5.32 Å². The standard InChI is InChI=1S/C28H34N2O6.C25H27NO4/c1-33-16-17-35-20-21-36-19-18-34-15-13-27(31)29-14-12-28(32)30-22-25-8-3-2-6-23(25)10-11-24-7-4-5-9-26(24)30;27-16-6-18-30-17-5-10-23(28)14-15-25(29)26-19-22-9-2-1-7-20(22)12-13-21-8-3-4-11-24(21)26/h2-9H,12-22H2,1H3,(H,29,31);1-4,7-9,11,27H,5-6,10,14-19H2. The second kappa shape index (κ2) is 29.4. The molecule has 13 nitrogen and oxygen atoms in total. The number of hydrogen-bond acceptors (Lipinski definition) is 10. The van der Waals surface area contributed by atoms with Crippen LogP contribution >= 0.6 is 0 Å². The molecule has 3 amide bonds. The van der Waals surface area contributed by atoms with Crippen LogP contribution in [0.3, 0.4) is 0 Å². The van der Waals surface area contributed by atoms with E-state index in [0.29, 0.717) is 91.8 Å². The normalized spacial score (nSPS) is 12.0. The van der Waals surface area contributed by atoms with E-state index in [1.54, 1.807) is 16.9 Å². The lowest BCUT2D eigenvalue weighted by molar-refractivity contribution is -0.124. The quantitative estimate of drug-likeness (QED) is 0.0600. The molecule has 2 aliphatic heterocycles. The number of carbonyl (C=O) groups excluding carboxylic acids is 4. The molecule has 66 heavy (non-hydrogen) atoms. The van der Waals surface area contributed by atoms with Crippen LogP contribution in [0.15, 0.2) is 97.1 Å². The molecule has 2 aliphatic rings. The Hall–Kier alpha value is -6.16. The first-order chi connectivity index (χ1) is 32.4. The molecule has 0 spiro atoms. The van der Waals surface area contributed by atoms with Crippen LogP contribution in [-0.2, 0) is 56.0 Å². The summed E-state index contributed by atoms with van der Waals surface area (Å²) >= 11 is 0. The molecule has 0 fully saturated rings. The number of benzene rings is 4. The Morgan fingerprint density at radius 2 is 0.970 bits per heavy atom. The summed E-state index contributed by atoms with van der Waals surface area (Å²) in [5.41, 5.74) is 7.02. The third-order valence-electron chi connectivity index (χ3n) is 10.5. The minimum absolute atomic E-state index is 0.0645. The molecule has 348 valence electrons. The summed E-state index contributed by atoms with van der Waals surface area (Å²) in [6.07, 6.45) is 2.45. The number of anilines is 2. The fourth-order valence-corrected chi connectivity index (χ4v) is 6.94. The second-order valence-electron chi connectivity index (χ2n) is 15.3. The Morgan fingerprint density at radius 1 is 0.515 bits per heavy atom. The zero-order valence-corrected chi connectivity index (χ0v) is 37.9. The van der Waals surface area contributed by atoms with Crippen LogP contribution in [0.5, 0.6) is 0 Å². The molecule has 4 aromatic rings. The van der Waals surface area contributed by atoms with Crippen LogP contribution in [0.1, 0.15) is 78.3 Å². The Morgan fingerprint density at radius 3 is 1.53 bits per heavy atom. The van der Waals surface area contributed by atoms with Gasteiger partial charge in [0.1, 0.15) is 5.78 Å². The van der Waals surface area contributed by atoms with Crippen LogP contribution in [-0.4, -0.2) is 108 Å². The van der Waals surface area contributed by atoms with Gasteiger partial charge >= 0.3 is 0 Å². The number of ether oxygens (including phenoxy) is 5. The van der Waals surface area contributed by atoms with E-state index in [0.717, 1.165) is 44.8 Å². The van der Waals surface area contributed by atoms with Crippen LogP contribution in [0.4, 0.5) is 11.4 Å². The van der Waals surface area contributed by atoms with Gasteiger partial charge in [-0.25, -0.2) is 0 Å². The number of hydrogen-bond donors (Lipinski definition) is 2. The zero-order chi connectivity index (χ0) is 46.6. The average Bonchev–Trinajstić information content (AvgIpc) is 3.32. The molecule has 0 saturated heterocycles.